The van der Waals surface area contributed by atoms with E-state index in [0.717, 1.165) is 0 Å². The zero-order valence-electron chi connectivity index (χ0n) is 15.1. The molecular formula is C18H13ClN6O4S. The van der Waals surface area contributed by atoms with Crippen molar-refractivity contribution in [2.45, 2.75) is 4.90 Å². The molecule has 3 heterocycles. The van der Waals surface area contributed by atoms with Crippen molar-refractivity contribution in [1.82, 2.24) is 10.3 Å². The van der Waals surface area contributed by atoms with Gasteiger partial charge in [-0.25, -0.2) is 13.0 Å². The van der Waals surface area contributed by atoms with E-state index < -0.39 is 10.0 Å². The normalized spacial score (nSPS) is 13.9. The molecule has 12 heteroatoms. The van der Waals surface area contributed by atoms with Gasteiger partial charge in [-0.15, -0.1) is 0 Å². The Balaban J connectivity index is 1.42. The van der Waals surface area contributed by atoms with Crippen molar-refractivity contribution in [3.8, 4) is 0 Å². The zero-order chi connectivity index (χ0) is 20.9. The van der Waals surface area contributed by atoms with Gasteiger partial charge in [-0.1, -0.05) is 11.6 Å². The van der Waals surface area contributed by atoms with E-state index in [2.05, 4.69) is 25.0 Å². The Hall–Kier alpha value is -3.57. The highest BCUT2D eigenvalue weighted by Crippen LogP contribution is 2.31. The smallest absolute Gasteiger partial charge is 0.265 e. The number of hydrogen-bond acceptors (Lipinski definition) is 8. The highest BCUT2D eigenvalue weighted by molar-refractivity contribution is 7.93. The molecular weight excluding hydrogens is 432 g/mol. The molecule has 0 bridgehead atoms. The third kappa shape index (κ3) is 2.95. The Kier molecular flexibility index (Phi) is 4.15. The second-order valence-corrected chi connectivity index (χ2v) is 8.46. The molecule has 0 fully saturated rings. The molecule has 2 aromatic heterocycles. The van der Waals surface area contributed by atoms with Crippen molar-refractivity contribution in [3.63, 3.8) is 0 Å². The molecule has 0 unspecified atom stereocenters. The summed E-state index contributed by atoms with van der Waals surface area (Å²) in [5.74, 6) is 0.830. The summed E-state index contributed by atoms with van der Waals surface area (Å²) in [4.78, 5) is 1.52. The number of halogens is 1. The van der Waals surface area contributed by atoms with Crippen molar-refractivity contribution >= 4 is 55.8 Å². The van der Waals surface area contributed by atoms with E-state index in [1.54, 1.807) is 35.2 Å². The Morgan fingerprint density at radius 1 is 1.13 bits per heavy atom. The summed E-state index contributed by atoms with van der Waals surface area (Å²) in [5.41, 5.74) is 2.02. The molecule has 4 aromatic rings. The van der Waals surface area contributed by atoms with Crippen LogP contribution in [0.15, 0.2) is 62.7 Å². The van der Waals surface area contributed by atoms with Gasteiger partial charge in [0.05, 0.1) is 23.5 Å². The predicted octanol–water partition coefficient (Wildman–Crippen LogP) is 3.48. The summed E-state index contributed by atoms with van der Waals surface area (Å²) in [6, 6.07) is 11.3. The SMILES string of the molecule is N=C1c2ccoc2NCN1c1ccc(NS(=O)(=O)c2c(Cl)ccc3nonc23)cc1. The average Bonchev–Trinajstić information content (AvgIpc) is 3.38. The lowest BCUT2D eigenvalue weighted by molar-refractivity contribution is 0.315. The number of anilines is 3. The van der Waals surface area contributed by atoms with Gasteiger partial charge in [0, 0.05) is 11.4 Å². The molecule has 5 rings (SSSR count). The van der Waals surface area contributed by atoms with Crippen LogP contribution in [0.25, 0.3) is 11.0 Å². The average molecular weight is 445 g/mol. The first-order valence-electron chi connectivity index (χ1n) is 8.65. The number of sulfonamides is 1. The number of hydrogen-bond donors (Lipinski definition) is 3. The third-order valence-electron chi connectivity index (χ3n) is 4.62. The van der Waals surface area contributed by atoms with E-state index in [4.69, 9.17) is 21.4 Å². The van der Waals surface area contributed by atoms with Crippen LogP contribution in [0.3, 0.4) is 0 Å². The quantitative estimate of drug-likeness (QED) is 0.435. The van der Waals surface area contributed by atoms with Gasteiger partial charge in [0.15, 0.2) is 5.52 Å². The molecule has 0 saturated heterocycles. The maximum absolute atomic E-state index is 12.9. The minimum Gasteiger partial charge on any atom is -0.448 e. The molecule has 0 radical (unpaired) electrons. The lowest BCUT2D eigenvalue weighted by Gasteiger charge is -2.29. The van der Waals surface area contributed by atoms with Crippen LogP contribution in [0, 0.1) is 5.41 Å². The highest BCUT2D eigenvalue weighted by atomic mass is 35.5. The van der Waals surface area contributed by atoms with E-state index in [1.165, 1.54) is 18.4 Å². The van der Waals surface area contributed by atoms with E-state index >= 15 is 0 Å². The van der Waals surface area contributed by atoms with E-state index in [0.29, 0.717) is 29.5 Å². The molecule has 2 aromatic carbocycles. The summed E-state index contributed by atoms with van der Waals surface area (Å²) in [5, 5.41) is 18.7. The lowest BCUT2D eigenvalue weighted by Crippen LogP contribution is -2.39. The van der Waals surface area contributed by atoms with Crippen molar-refractivity contribution < 1.29 is 17.5 Å². The van der Waals surface area contributed by atoms with Crippen molar-refractivity contribution in [1.29, 1.82) is 5.41 Å². The maximum Gasteiger partial charge on any atom is 0.265 e. The van der Waals surface area contributed by atoms with Crippen LogP contribution in [-0.2, 0) is 10.0 Å². The minimum absolute atomic E-state index is 0.00563. The fourth-order valence-corrected chi connectivity index (χ4v) is 4.93. The number of benzene rings is 2. The van der Waals surface area contributed by atoms with Crippen molar-refractivity contribution in [3.05, 3.63) is 59.3 Å². The Morgan fingerprint density at radius 2 is 1.93 bits per heavy atom. The molecule has 1 aliphatic heterocycles. The number of nitrogens with zero attached hydrogens (tertiary/aromatic N) is 3. The maximum atomic E-state index is 12.9. The number of furan rings is 1. The van der Waals surface area contributed by atoms with Gasteiger partial charge in [-0.3, -0.25) is 10.1 Å². The molecule has 0 atom stereocenters. The summed E-state index contributed by atoms with van der Waals surface area (Å²) < 4.78 is 38.2. The van der Waals surface area contributed by atoms with Crippen LogP contribution >= 0.6 is 11.6 Å². The Morgan fingerprint density at radius 3 is 2.73 bits per heavy atom. The second kappa shape index (κ2) is 6.75. The number of nitrogens with one attached hydrogen (secondary N) is 3. The molecule has 0 spiro atoms. The van der Waals surface area contributed by atoms with Gasteiger partial charge in [0.1, 0.15) is 16.2 Å². The van der Waals surface area contributed by atoms with Crippen LogP contribution in [-0.4, -0.2) is 31.2 Å². The summed E-state index contributed by atoms with van der Waals surface area (Å²) in [6.07, 6.45) is 1.52. The monoisotopic (exact) mass is 444 g/mol. The van der Waals surface area contributed by atoms with Gasteiger partial charge in [0.25, 0.3) is 10.0 Å². The van der Waals surface area contributed by atoms with Crippen molar-refractivity contribution in [2.24, 2.45) is 0 Å². The number of aromatic nitrogens is 2. The van der Waals surface area contributed by atoms with Crippen LogP contribution in [0.5, 0.6) is 0 Å². The molecule has 30 heavy (non-hydrogen) atoms. The largest absolute Gasteiger partial charge is 0.448 e. The summed E-state index contributed by atoms with van der Waals surface area (Å²) in [7, 11) is -4.05. The summed E-state index contributed by atoms with van der Waals surface area (Å²) >= 11 is 6.11. The number of amidine groups is 1. The lowest BCUT2D eigenvalue weighted by atomic mass is 10.2. The predicted molar refractivity (Wildman–Crippen MR) is 111 cm³/mol. The molecule has 3 N–H and O–H groups in total. The third-order valence-corrected chi connectivity index (χ3v) is 6.50. The first-order valence-corrected chi connectivity index (χ1v) is 10.5. The van der Waals surface area contributed by atoms with Gasteiger partial charge < -0.3 is 14.6 Å². The fourth-order valence-electron chi connectivity index (χ4n) is 3.20. The van der Waals surface area contributed by atoms with Gasteiger partial charge in [0.2, 0.25) is 5.88 Å². The van der Waals surface area contributed by atoms with Crippen LogP contribution in [0.2, 0.25) is 5.02 Å². The van der Waals surface area contributed by atoms with E-state index in [1.807, 2.05) is 0 Å². The topological polar surface area (TPSA) is 137 Å². The molecule has 0 saturated carbocycles. The number of rotatable bonds is 4. The summed E-state index contributed by atoms with van der Waals surface area (Å²) in [6.45, 7) is 0.348. The molecule has 1 aliphatic rings. The highest BCUT2D eigenvalue weighted by Gasteiger charge is 2.26. The molecule has 10 nitrogen and oxygen atoms in total. The van der Waals surface area contributed by atoms with Gasteiger partial charge >= 0.3 is 0 Å². The van der Waals surface area contributed by atoms with Gasteiger partial charge in [-0.05, 0) is 52.8 Å². The zero-order valence-corrected chi connectivity index (χ0v) is 16.7. The minimum atomic E-state index is -4.05. The number of fused-ring (bicyclic) bond motifs is 2. The van der Waals surface area contributed by atoms with Crippen molar-refractivity contribution in [2.75, 3.05) is 21.6 Å². The first kappa shape index (κ1) is 18.5. The van der Waals surface area contributed by atoms with Crippen LogP contribution in [0.1, 0.15) is 5.56 Å². The van der Waals surface area contributed by atoms with E-state index in [-0.39, 0.29) is 26.8 Å². The molecule has 152 valence electrons. The first-order chi connectivity index (χ1) is 14.4. The fraction of sp³-hybridized carbons (Fsp3) is 0.0556. The Labute approximate surface area is 174 Å². The molecule has 0 amide bonds. The second-order valence-electron chi connectivity index (χ2n) is 6.44. The van der Waals surface area contributed by atoms with Crippen LogP contribution in [0.4, 0.5) is 17.3 Å². The standard InChI is InChI=1S/C18H13ClN6O4S/c19-13-5-6-14-15(23-29-22-14)16(13)30(26,27)24-10-1-3-11(4-2-10)25-9-21-18-12(17(25)20)7-8-28-18/h1-8,20-21,24H,9H2. The van der Waals surface area contributed by atoms with E-state index in [9.17, 15) is 8.42 Å². The molecule has 0 aliphatic carbocycles. The van der Waals surface area contributed by atoms with Gasteiger partial charge in [-0.2, -0.15) is 0 Å². The van der Waals surface area contributed by atoms with Crippen LogP contribution < -0.4 is 14.9 Å². The Bertz CT molecular complexity index is 1380.